The second-order valence-electron chi connectivity index (χ2n) is 5.87. The molecule has 0 atom stereocenters. The van der Waals surface area contributed by atoms with Crippen molar-refractivity contribution in [2.45, 2.75) is 38.6 Å². The van der Waals surface area contributed by atoms with Crippen LogP contribution in [0.5, 0.6) is 0 Å². The molecule has 0 bridgehead atoms. The number of nitrogens with zero attached hydrogens (tertiary/aromatic N) is 1. The van der Waals surface area contributed by atoms with Crippen LogP contribution in [0.3, 0.4) is 0 Å². The molecule has 1 aromatic heterocycles. The third-order valence-electron chi connectivity index (χ3n) is 4.41. The number of hydrogen-bond donors (Lipinski definition) is 1. The summed E-state index contributed by atoms with van der Waals surface area (Å²) in [5.41, 5.74) is 2.89. The van der Waals surface area contributed by atoms with E-state index in [1.807, 2.05) is 7.05 Å². The monoisotopic (exact) mass is 256 g/mol. The van der Waals surface area contributed by atoms with E-state index in [0.29, 0.717) is 0 Å². The molecule has 0 saturated heterocycles. The van der Waals surface area contributed by atoms with Crippen LogP contribution in [0.4, 0.5) is 0 Å². The molecule has 1 heterocycles. The first-order valence-electron chi connectivity index (χ1n) is 7.59. The molecule has 0 amide bonds. The fourth-order valence-corrected chi connectivity index (χ4v) is 2.97. The number of hydrogen-bond acceptors (Lipinski definition) is 1. The van der Waals surface area contributed by atoms with Crippen LogP contribution in [0.15, 0.2) is 30.5 Å². The molecule has 1 aliphatic carbocycles. The Bertz CT molecular complexity index is 537. The average molecular weight is 256 g/mol. The zero-order valence-electron chi connectivity index (χ0n) is 11.9. The highest BCUT2D eigenvalue weighted by molar-refractivity contribution is 5.80. The van der Waals surface area contributed by atoms with E-state index in [2.05, 4.69) is 40.3 Å². The minimum atomic E-state index is 0.920. The van der Waals surface area contributed by atoms with E-state index < -0.39 is 0 Å². The van der Waals surface area contributed by atoms with E-state index in [9.17, 15) is 0 Å². The lowest BCUT2D eigenvalue weighted by molar-refractivity contribution is 0.280. The van der Waals surface area contributed by atoms with Gasteiger partial charge in [0.25, 0.3) is 0 Å². The number of aryl methyl sites for hydroxylation is 1. The number of fused-ring (bicyclic) bond motifs is 1. The molecule has 0 aliphatic heterocycles. The predicted octanol–water partition coefficient (Wildman–Crippen LogP) is 3.59. The maximum absolute atomic E-state index is 3.22. The van der Waals surface area contributed by atoms with E-state index in [0.717, 1.165) is 12.5 Å². The van der Waals surface area contributed by atoms with Crippen LogP contribution in [-0.2, 0) is 13.0 Å². The van der Waals surface area contributed by atoms with Crippen molar-refractivity contribution in [1.82, 2.24) is 9.88 Å². The molecule has 2 heteroatoms. The van der Waals surface area contributed by atoms with Crippen molar-refractivity contribution >= 4 is 10.9 Å². The zero-order chi connectivity index (χ0) is 13.1. The molecule has 1 fully saturated rings. The number of rotatable bonds is 6. The van der Waals surface area contributed by atoms with Crippen LogP contribution in [0.2, 0.25) is 0 Å². The van der Waals surface area contributed by atoms with Crippen molar-refractivity contribution in [2.24, 2.45) is 5.92 Å². The lowest BCUT2D eigenvalue weighted by atomic mass is 9.85. The number of benzene rings is 1. The largest absolute Gasteiger partial charge is 0.347 e. The second kappa shape index (κ2) is 5.79. The fourth-order valence-electron chi connectivity index (χ4n) is 2.97. The van der Waals surface area contributed by atoms with Crippen molar-refractivity contribution in [3.8, 4) is 0 Å². The Kier molecular flexibility index (Phi) is 3.88. The van der Waals surface area contributed by atoms with Crippen molar-refractivity contribution in [3.05, 3.63) is 36.0 Å². The van der Waals surface area contributed by atoms with Crippen molar-refractivity contribution in [2.75, 3.05) is 13.6 Å². The van der Waals surface area contributed by atoms with E-state index in [1.165, 1.54) is 55.1 Å². The van der Waals surface area contributed by atoms with Crippen LogP contribution in [0, 0.1) is 5.92 Å². The maximum atomic E-state index is 3.22. The first-order valence-corrected chi connectivity index (χ1v) is 7.59. The summed E-state index contributed by atoms with van der Waals surface area (Å²) >= 11 is 0. The van der Waals surface area contributed by atoms with Crippen molar-refractivity contribution in [1.29, 1.82) is 0 Å². The van der Waals surface area contributed by atoms with Gasteiger partial charge in [-0.1, -0.05) is 18.6 Å². The minimum Gasteiger partial charge on any atom is -0.347 e. The first kappa shape index (κ1) is 12.7. The highest BCUT2D eigenvalue weighted by Crippen LogP contribution is 2.29. The summed E-state index contributed by atoms with van der Waals surface area (Å²) < 4.78 is 2.46. The van der Waals surface area contributed by atoms with Gasteiger partial charge in [0.05, 0.1) is 0 Å². The normalized spacial score (nSPS) is 15.8. The minimum absolute atomic E-state index is 0.920. The molecule has 2 aromatic rings. The summed E-state index contributed by atoms with van der Waals surface area (Å²) in [7, 11) is 2.02. The Morgan fingerprint density at radius 1 is 1.26 bits per heavy atom. The van der Waals surface area contributed by atoms with Crippen LogP contribution in [0.1, 0.15) is 31.2 Å². The smallest absolute Gasteiger partial charge is 0.0483 e. The Morgan fingerprint density at radius 3 is 2.89 bits per heavy atom. The van der Waals surface area contributed by atoms with E-state index in [4.69, 9.17) is 0 Å². The summed E-state index contributed by atoms with van der Waals surface area (Å²) in [6, 6.07) is 9.21. The van der Waals surface area contributed by atoms with Gasteiger partial charge in [-0.15, -0.1) is 0 Å². The summed E-state index contributed by atoms with van der Waals surface area (Å²) in [4.78, 5) is 0. The SMILES string of the molecule is CNCCCc1ccc2ccn(CC3CCC3)c2c1. The Balaban J connectivity index is 1.76. The van der Waals surface area contributed by atoms with Gasteiger partial charge in [-0.3, -0.25) is 0 Å². The Morgan fingerprint density at radius 2 is 2.16 bits per heavy atom. The second-order valence-corrected chi connectivity index (χ2v) is 5.87. The first-order chi connectivity index (χ1) is 9.36. The fraction of sp³-hybridized carbons (Fsp3) is 0.529. The molecule has 3 rings (SSSR count). The maximum Gasteiger partial charge on any atom is 0.0483 e. The van der Waals surface area contributed by atoms with Gasteiger partial charge in [0, 0.05) is 18.3 Å². The molecule has 1 aliphatic rings. The topological polar surface area (TPSA) is 17.0 Å². The summed E-state index contributed by atoms with van der Waals surface area (Å²) in [5, 5.41) is 4.60. The molecule has 1 aromatic carbocycles. The molecule has 102 valence electrons. The number of nitrogens with one attached hydrogen (secondary N) is 1. The van der Waals surface area contributed by atoms with Gasteiger partial charge in [0.2, 0.25) is 0 Å². The zero-order valence-corrected chi connectivity index (χ0v) is 11.9. The van der Waals surface area contributed by atoms with Gasteiger partial charge < -0.3 is 9.88 Å². The molecular weight excluding hydrogens is 232 g/mol. The molecule has 0 radical (unpaired) electrons. The summed E-state index contributed by atoms with van der Waals surface area (Å²) in [6.07, 6.45) is 8.92. The van der Waals surface area contributed by atoms with Crippen LogP contribution < -0.4 is 5.32 Å². The summed E-state index contributed by atoms with van der Waals surface area (Å²) in [5.74, 6) is 0.920. The molecule has 0 spiro atoms. The van der Waals surface area contributed by atoms with Gasteiger partial charge in [-0.25, -0.2) is 0 Å². The Labute approximate surface area is 115 Å². The molecule has 1 saturated carbocycles. The van der Waals surface area contributed by atoms with E-state index in [1.54, 1.807) is 0 Å². The van der Waals surface area contributed by atoms with E-state index >= 15 is 0 Å². The molecular formula is C17H24N2. The quantitative estimate of drug-likeness (QED) is 0.782. The lowest BCUT2D eigenvalue weighted by Crippen LogP contribution is -2.17. The van der Waals surface area contributed by atoms with Gasteiger partial charge in [0.1, 0.15) is 0 Å². The van der Waals surface area contributed by atoms with Crippen LogP contribution in [-0.4, -0.2) is 18.2 Å². The van der Waals surface area contributed by atoms with Gasteiger partial charge in [0.15, 0.2) is 0 Å². The van der Waals surface area contributed by atoms with Gasteiger partial charge >= 0.3 is 0 Å². The highest BCUT2D eigenvalue weighted by Gasteiger charge is 2.18. The van der Waals surface area contributed by atoms with Crippen LogP contribution in [0.25, 0.3) is 10.9 Å². The standard InChI is InChI=1S/C17H24N2/c1-18-10-3-6-14-7-8-16-9-11-19(17(16)12-14)13-15-4-2-5-15/h7-9,11-12,15,18H,2-6,10,13H2,1H3. The van der Waals surface area contributed by atoms with Gasteiger partial charge in [-0.05, 0) is 68.3 Å². The van der Waals surface area contributed by atoms with Crippen molar-refractivity contribution in [3.63, 3.8) is 0 Å². The average Bonchev–Trinajstić information content (AvgIpc) is 2.77. The lowest BCUT2D eigenvalue weighted by Gasteiger charge is -2.26. The molecule has 19 heavy (non-hydrogen) atoms. The number of aromatic nitrogens is 1. The molecule has 0 unspecified atom stereocenters. The molecule has 2 nitrogen and oxygen atoms in total. The van der Waals surface area contributed by atoms with Crippen molar-refractivity contribution < 1.29 is 0 Å². The molecule has 1 N–H and O–H groups in total. The van der Waals surface area contributed by atoms with Crippen LogP contribution >= 0.6 is 0 Å². The third-order valence-corrected chi connectivity index (χ3v) is 4.41. The Hall–Kier alpha value is -1.28. The predicted molar refractivity (Wildman–Crippen MR) is 81.5 cm³/mol. The van der Waals surface area contributed by atoms with Gasteiger partial charge in [-0.2, -0.15) is 0 Å². The van der Waals surface area contributed by atoms with E-state index in [-0.39, 0.29) is 0 Å². The summed E-state index contributed by atoms with van der Waals surface area (Å²) in [6.45, 7) is 2.31. The third kappa shape index (κ3) is 2.84. The highest BCUT2D eigenvalue weighted by atomic mass is 15.0.